The maximum Gasteiger partial charge on any atom is 0.417 e. The number of nitrogens with zero attached hydrogens (tertiary/aromatic N) is 1. The van der Waals surface area contributed by atoms with E-state index in [4.69, 9.17) is 16.7 Å². The number of carbonyl (C=O) groups is 2. The fraction of sp³-hybridized carbons (Fsp3) is 0.222. The van der Waals surface area contributed by atoms with Crippen LogP contribution in [0.2, 0.25) is 5.02 Å². The van der Waals surface area contributed by atoms with Gasteiger partial charge in [0.1, 0.15) is 0 Å². The number of rotatable bonds is 5. The van der Waals surface area contributed by atoms with Crippen LogP contribution >= 0.6 is 11.6 Å². The van der Waals surface area contributed by atoms with Gasteiger partial charge in [0.25, 0.3) is 0 Å². The fourth-order valence-corrected chi connectivity index (χ4v) is 2.55. The topological polar surface area (TPSA) is 69.6 Å². The van der Waals surface area contributed by atoms with Gasteiger partial charge in [0.15, 0.2) is 0 Å². The van der Waals surface area contributed by atoms with Gasteiger partial charge >= 0.3 is 18.0 Å². The average Bonchev–Trinajstić information content (AvgIpc) is 2.62. The first kappa shape index (κ1) is 20.7. The first-order valence-corrected chi connectivity index (χ1v) is 8.22. The summed E-state index contributed by atoms with van der Waals surface area (Å²) < 4.78 is 38.7. The van der Waals surface area contributed by atoms with E-state index in [1.807, 2.05) is 0 Å². The van der Waals surface area contributed by atoms with Crippen LogP contribution in [0.25, 0.3) is 0 Å². The average molecular weight is 401 g/mol. The summed E-state index contributed by atoms with van der Waals surface area (Å²) in [6, 6.07) is 11.6. The Hall–Kier alpha value is -2.58. The van der Waals surface area contributed by atoms with Crippen molar-refractivity contribution in [2.45, 2.75) is 12.7 Å². The fourth-order valence-electron chi connectivity index (χ4n) is 2.33. The summed E-state index contributed by atoms with van der Waals surface area (Å²) in [5.74, 6) is -2.09. The second-order valence-corrected chi connectivity index (χ2v) is 5.99. The molecule has 0 unspecified atom stereocenters. The Morgan fingerprint density at radius 1 is 1.11 bits per heavy atom. The lowest BCUT2D eigenvalue weighted by Gasteiger charge is -2.21. The second-order valence-electron chi connectivity index (χ2n) is 5.58. The number of aliphatic hydroxyl groups excluding tert-OH is 1. The van der Waals surface area contributed by atoms with Crippen LogP contribution in [0, 0.1) is 0 Å². The molecule has 9 heteroatoms. The van der Waals surface area contributed by atoms with Crippen molar-refractivity contribution >= 4 is 29.1 Å². The van der Waals surface area contributed by atoms with E-state index in [0.29, 0.717) is 6.07 Å². The van der Waals surface area contributed by atoms with E-state index >= 15 is 0 Å². The number of carbonyl (C=O) groups excluding carboxylic acids is 2. The van der Waals surface area contributed by atoms with Gasteiger partial charge in [-0.15, -0.1) is 0 Å². The summed E-state index contributed by atoms with van der Waals surface area (Å²) >= 11 is 5.53. The van der Waals surface area contributed by atoms with Crippen molar-refractivity contribution < 1.29 is 27.9 Å². The Bertz CT molecular complexity index is 813. The van der Waals surface area contributed by atoms with Crippen molar-refractivity contribution in [3.63, 3.8) is 0 Å². The smallest absolute Gasteiger partial charge is 0.395 e. The number of amides is 2. The van der Waals surface area contributed by atoms with Crippen LogP contribution in [0.5, 0.6) is 0 Å². The minimum atomic E-state index is -4.70. The molecule has 0 aliphatic heterocycles. The molecule has 0 bridgehead atoms. The van der Waals surface area contributed by atoms with E-state index in [2.05, 4.69) is 5.32 Å². The number of aliphatic hydroxyl groups is 1. The van der Waals surface area contributed by atoms with Crippen molar-refractivity contribution in [1.29, 1.82) is 0 Å². The van der Waals surface area contributed by atoms with E-state index < -0.39 is 28.6 Å². The molecule has 0 aliphatic rings. The lowest BCUT2D eigenvalue weighted by atomic mass is 10.2. The number of nitrogens with one attached hydrogen (secondary N) is 1. The molecule has 144 valence electrons. The van der Waals surface area contributed by atoms with Crippen molar-refractivity contribution in [3.05, 3.63) is 64.7 Å². The predicted molar refractivity (Wildman–Crippen MR) is 94.0 cm³/mol. The van der Waals surface area contributed by atoms with Gasteiger partial charge in [-0.25, -0.2) is 0 Å². The molecule has 2 rings (SSSR count). The Morgan fingerprint density at radius 2 is 1.78 bits per heavy atom. The lowest BCUT2D eigenvalue weighted by Crippen LogP contribution is -2.40. The first-order valence-electron chi connectivity index (χ1n) is 7.84. The van der Waals surface area contributed by atoms with E-state index in [-0.39, 0.29) is 25.4 Å². The molecule has 2 aromatic carbocycles. The molecule has 2 amide bonds. The van der Waals surface area contributed by atoms with Crippen LogP contribution in [0.1, 0.15) is 11.1 Å². The molecule has 0 spiro atoms. The van der Waals surface area contributed by atoms with Crippen molar-refractivity contribution in [1.82, 2.24) is 4.90 Å². The van der Waals surface area contributed by atoms with Gasteiger partial charge in [0.05, 0.1) is 17.2 Å². The van der Waals surface area contributed by atoms with Crippen molar-refractivity contribution in [3.8, 4) is 0 Å². The molecule has 2 aromatic rings. The Kier molecular flexibility index (Phi) is 6.81. The molecule has 0 heterocycles. The lowest BCUT2D eigenvalue weighted by molar-refractivity contribution is -0.143. The summed E-state index contributed by atoms with van der Waals surface area (Å²) in [7, 11) is 0. The van der Waals surface area contributed by atoms with Gasteiger partial charge in [-0.2, -0.15) is 13.2 Å². The molecule has 5 nitrogen and oxygen atoms in total. The predicted octanol–water partition coefficient (Wildman–Crippen LogP) is 3.32. The highest BCUT2D eigenvalue weighted by Crippen LogP contribution is 2.36. The first-order chi connectivity index (χ1) is 12.7. The summed E-state index contributed by atoms with van der Waals surface area (Å²) in [4.78, 5) is 25.6. The molecule has 0 saturated heterocycles. The van der Waals surface area contributed by atoms with Crippen LogP contribution in [0.4, 0.5) is 18.9 Å². The number of alkyl halides is 3. The van der Waals surface area contributed by atoms with Crippen LogP contribution in [-0.4, -0.2) is 35.0 Å². The second kappa shape index (κ2) is 8.88. The standard InChI is InChI=1S/C18H16ClF3N2O3/c19-15-7-6-13(10-14(15)18(20,21)22)23-16(26)17(27)24(8-9-25)11-12-4-2-1-3-5-12/h1-7,10,25H,8-9,11H2,(H,23,26). The third-order valence-electron chi connectivity index (χ3n) is 3.60. The van der Waals surface area contributed by atoms with Gasteiger partial charge in [-0.05, 0) is 23.8 Å². The minimum Gasteiger partial charge on any atom is -0.395 e. The van der Waals surface area contributed by atoms with Gasteiger partial charge in [-0.1, -0.05) is 41.9 Å². The molecule has 0 atom stereocenters. The van der Waals surface area contributed by atoms with Gasteiger partial charge < -0.3 is 15.3 Å². The zero-order valence-electron chi connectivity index (χ0n) is 14.0. The number of hydrogen-bond acceptors (Lipinski definition) is 3. The molecule has 0 saturated carbocycles. The highest BCUT2D eigenvalue weighted by atomic mass is 35.5. The van der Waals surface area contributed by atoms with E-state index in [0.717, 1.165) is 22.6 Å². The molecule has 0 fully saturated rings. The van der Waals surface area contributed by atoms with Crippen molar-refractivity contribution in [2.24, 2.45) is 0 Å². The number of benzene rings is 2. The Labute approximate surface area is 158 Å². The largest absolute Gasteiger partial charge is 0.417 e. The van der Waals surface area contributed by atoms with Crippen LogP contribution in [0.3, 0.4) is 0 Å². The van der Waals surface area contributed by atoms with Crippen LogP contribution in [0.15, 0.2) is 48.5 Å². The van der Waals surface area contributed by atoms with Crippen LogP contribution < -0.4 is 5.32 Å². The summed E-state index contributed by atoms with van der Waals surface area (Å²) in [6.07, 6.45) is -4.70. The molecule has 0 aliphatic carbocycles. The molecule has 2 N–H and O–H groups in total. The molecule has 0 aromatic heterocycles. The minimum absolute atomic E-state index is 0.0715. The SMILES string of the molecule is O=C(Nc1ccc(Cl)c(C(F)(F)F)c1)C(=O)N(CCO)Cc1ccccc1. The summed E-state index contributed by atoms with van der Waals surface area (Å²) in [5.41, 5.74) is -0.599. The Balaban J connectivity index is 2.14. The quantitative estimate of drug-likeness (QED) is 0.756. The molecular weight excluding hydrogens is 385 g/mol. The normalized spacial score (nSPS) is 11.1. The highest BCUT2D eigenvalue weighted by molar-refractivity contribution is 6.39. The number of hydrogen-bond donors (Lipinski definition) is 2. The summed E-state index contributed by atoms with van der Waals surface area (Å²) in [6.45, 7) is -0.400. The third kappa shape index (κ3) is 5.70. The van der Waals surface area contributed by atoms with Gasteiger partial charge in [0, 0.05) is 18.8 Å². The van der Waals surface area contributed by atoms with Gasteiger partial charge in [0.2, 0.25) is 0 Å². The van der Waals surface area contributed by atoms with E-state index in [1.165, 1.54) is 0 Å². The zero-order valence-corrected chi connectivity index (χ0v) is 14.7. The van der Waals surface area contributed by atoms with Gasteiger partial charge in [-0.3, -0.25) is 9.59 Å². The zero-order chi connectivity index (χ0) is 20.0. The van der Waals surface area contributed by atoms with Crippen molar-refractivity contribution in [2.75, 3.05) is 18.5 Å². The monoisotopic (exact) mass is 400 g/mol. The number of anilines is 1. The number of halogens is 4. The molecular formula is C18H16ClF3N2O3. The van der Waals surface area contributed by atoms with E-state index in [1.54, 1.807) is 30.3 Å². The Morgan fingerprint density at radius 3 is 2.37 bits per heavy atom. The highest BCUT2D eigenvalue weighted by Gasteiger charge is 2.33. The van der Waals surface area contributed by atoms with E-state index in [9.17, 15) is 22.8 Å². The van der Waals surface area contributed by atoms with Crippen LogP contribution in [-0.2, 0) is 22.3 Å². The molecule has 27 heavy (non-hydrogen) atoms. The maximum atomic E-state index is 12.9. The summed E-state index contributed by atoms with van der Waals surface area (Å²) in [5, 5.41) is 10.7. The third-order valence-corrected chi connectivity index (χ3v) is 3.93. The molecule has 0 radical (unpaired) electrons. The maximum absolute atomic E-state index is 12.9.